The maximum atomic E-state index is 8.73. The van der Waals surface area contributed by atoms with Crippen molar-refractivity contribution in [1.82, 2.24) is 4.90 Å². The first-order valence-corrected chi connectivity index (χ1v) is 5.81. The van der Waals surface area contributed by atoms with Crippen LogP contribution in [0, 0.1) is 24.7 Å². The first-order valence-electron chi connectivity index (χ1n) is 5.81. The maximum Gasteiger partial charge on any atom is 0.0956 e. The first-order chi connectivity index (χ1) is 9.19. The maximum absolute atomic E-state index is 8.73. The molecular formula is C14H19N3O2. The van der Waals surface area contributed by atoms with Crippen LogP contribution in [0.4, 0.5) is 0 Å². The zero-order valence-corrected chi connectivity index (χ0v) is 11.1. The molecule has 0 unspecified atom stereocenters. The molecule has 0 aliphatic carbocycles. The molecule has 1 rings (SSSR count). The van der Waals surface area contributed by atoms with Crippen LogP contribution in [0.5, 0.6) is 0 Å². The third kappa shape index (κ3) is 7.64. The van der Waals surface area contributed by atoms with E-state index in [-0.39, 0.29) is 0 Å². The molecule has 0 aromatic carbocycles. The van der Waals surface area contributed by atoms with E-state index in [4.69, 9.17) is 23.3 Å². The Morgan fingerprint density at radius 3 is 2.63 bits per heavy atom. The molecule has 0 saturated heterocycles. The molecule has 5 nitrogen and oxygen atoms in total. The van der Waals surface area contributed by atoms with E-state index in [2.05, 4.69) is 33.1 Å². The van der Waals surface area contributed by atoms with Gasteiger partial charge >= 0.3 is 0 Å². The molecule has 0 fully saturated rings. The van der Waals surface area contributed by atoms with Crippen molar-refractivity contribution >= 4 is 11.9 Å². The van der Waals surface area contributed by atoms with E-state index in [0.717, 1.165) is 25.1 Å². The minimum Gasteiger partial charge on any atom is -0.411 e. The monoisotopic (exact) mass is 261 g/mol. The molecule has 2 N–H and O–H groups in total. The second kappa shape index (κ2) is 10.9. The average molecular weight is 261 g/mol. The Morgan fingerprint density at radius 2 is 2.21 bits per heavy atom. The molecular weight excluding hydrogens is 242 g/mol. The molecule has 0 bridgehead atoms. The van der Waals surface area contributed by atoms with E-state index in [1.165, 1.54) is 6.21 Å². The highest BCUT2D eigenvalue weighted by Gasteiger charge is 2.13. The SMILES string of the molecule is C#CCC(=NO)C1=CCCN(C)C1.C#CCC=NO. The second-order valence-corrected chi connectivity index (χ2v) is 3.89. The zero-order valence-electron chi connectivity index (χ0n) is 11.1. The van der Waals surface area contributed by atoms with Gasteiger partial charge in [0, 0.05) is 19.5 Å². The molecule has 1 aliphatic rings. The summed E-state index contributed by atoms with van der Waals surface area (Å²) in [5.74, 6) is 4.74. The lowest BCUT2D eigenvalue weighted by Crippen LogP contribution is -2.28. The van der Waals surface area contributed by atoms with Crippen LogP contribution < -0.4 is 0 Å². The number of nitrogens with zero attached hydrogens (tertiary/aromatic N) is 3. The summed E-state index contributed by atoms with van der Waals surface area (Å²) < 4.78 is 0. The van der Waals surface area contributed by atoms with E-state index in [1.807, 2.05) is 7.05 Å². The molecule has 0 amide bonds. The number of hydrogen-bond donors (Lipinski definition) is 2. The highest BCUT2D eigenvalue weighted by molar-refractivity contribution is 6.01. The number of likely N-dealkylation sites (N-methyl/N-ethyl adjacent to an activating group) is 1. The lowest BCUT2D eigenvalue weighted by molar-refractivity contribution is 0.315. The van der Waals surface area contributed by atoms with Crippen molar-refractivity contribution in [2.75, 3.05) is 20.1 Å². The number of rotatable bonds is 3. The van der Waals surface area contributed by atoms with Crippen LogP contribution in [0.25, 0.3) is 0 Å². The van der Waals surface area contributed by atoms with Crippen LogP contribution >= 0.6 is 0 Å². The van der Waals surface area contributed by atoms with Crippen LogP contribution in [0.15, 0.2) is 22.0 Å². The van der Waals surface area contributed by atoms with Crippen molar-refractivity contribution in [2.24, 2.45) is 10.3 Å². The van der Waals surface area contributed by atoms with Gasteiger partial charge in [0.1, 0.15) is 0 Å². The summed E-state index contributed by atoms with van der Waals surface area (Å²) in [6.45, 7) is 1.87. The fourth-order valence-corrected chi connectivity index (χ4v) is 1.51. The first kappa shape index (κ1) is 16.8. The molecule has 0 saturated carbocycles. The van der Waals surface area contributed by atoms with Crippen LogP contribution in [-0.4, -0.2) is 47.4 Å². The molecule has 0 aromatic rings. The average Bonchev–Trinajstić information content (AvgIpc) is 2.43. The van der Waals surface area contributed by atoms with Crippen molar-refractivity contribution in [2.45, 2.75) is 19.3 Å². The summed E-state index contributed by atoms with van der Waals surface area (Å²) in [5.41, 5.74) is 1.67. The lowest BCUT2D eigenvalue weighted by atomic mass is 10.0. The van der Waals surface area contributed by atoms with Gasteiger partial charge in [0.25, 0.3) is 0 Å². The normalized spacial score (nSPS) is 15.9. The summed E-state index contributed by atoms with van der Waals surface area (Å²) in [6, 6.07) is 0. The summed E-state index contributed by atoms with van der Waals surface area (Å²) in [4.78, 5) is 2.18. The van der Waals surface area contributed by atoms with Crippen LogP contribution in [0.2, 0.25) is 0 Å². The molecule has 0 atom stereocenters. The van der Waals surface area contributed by atoms with E-state index in [1.54, 1.807) is 0 Å². The molecule has 0 radical (unpaired) electrons. The smallest absolute Gasteiger partial charge is 0.0956 e. The van der Waals surface area contributed by atoms with Crippen molar-refractivity contribution in [3.63, 3.8) is 0 Å². The topological polar surface area (TPSA) is 68.4 Å². The van der Waals surface area contributed by atoms with Gasteiger partial charge in [0.15, 0.2) is 0 Å². The molecule has 0 spiro atoms. The third-order valence-electron chi connectivity index (χ3n) is 2.39. The predicted octanol–water partition coefficient (Wildman–Crippen LogP) is 1.57. The van der Waals surface area contributed by atoms with E-state index >= 15 is 0 Å². The summed E-state index contributed by atoms with van der Waals surface area (Å²) in [5, 5.41) is 22.3. The van der Waals surface area contributed by atoms with Gasteiger partial charge in [0.2, 0.25) is 0 Å². The minimum absolute atomic E-state index is 0.399. The number of oxime groups is 2. The van der Waals surface area contributed by atoms with Gasteiger partial charge in [-0.1, -0.05) is 11.2 Å². The predicted molar refractivity (Wildman–Crippen MR) is 76.6 cm³/mol. The van der Waals surface area contributed by atoms with E-state index in [9.17, 15) is 0 Å². The standard InChI is InChI=1S/C10H14N2O.C4H5NO/c1-3-5-10(11-13)9-6-4-7-12(2)8-9;1-2-3-4-5-6/h1,6,13H,4-5,7-8H2,2H3;1,4,6H,3H2. The highest BCUT2D eigenvalue weighted by atomic mass is 16.4. The summed E-state index contributed by atoms with van der Waals surface area (Å²) in [6.07, 6.45) is 15.1. The number of hydrogen-bond acceptors (Lipinski definition) is 5. The van der Waals surface area contributed by atoms with Gasteiger partial charge in [0.05, 0.1) is 18.3 Å². The number of terminal acetylenes is 2. The van der Waals surface area contributed by atoms with Gasteiger partial charge in [-0.2, -0.15) is 0 Å². The Balaban J connectivity index is 0.000000459. The van der Waals surface area contributed by atoms with Gasteiger partial charge in [-0.15, -0.1) is 29.8 Å². The van der Waals surface area contributed by atoms with Crippen LogP contribution in [-0.2, 0) is 0 Å². The quantitative estimate of drug-likeness (QED) is 0.351. The third-order valence-corrected chi connectivity index (χ3v) is 2.39. The molecule has 19 heavy (non-hydrogen) atoms. The summed E-state index contributed by atoms with van der Waals surface area (Å²) >= 11 is 0. The van der Waals surface area contributed by atoms with Crippen LogP contribution in [0.3, 0.4) is 0 Å². The molecule has 102 valence electrons. The van der Waals surface area contributed by atoms with E-state index in [0.29, 0.717) is 18.6 Å². The van der Waals surface area contributed by atoms with E-state index < -0.39 is 0 Å². The van der Waals surface area contributed by atoms with Crippen molar-refractivity contribution in [3.8, 4) is 24.7 Å². The van der Waals surface area contributed by atoms with Gasteiger partial charge in [-0.3, -0.25) is 0 Å². The molecule has 0 aromatic heterocycles. The zero-order chi connectivity index (χ0) is 14.5. The Hall–Kier alpha value is -2.24. The molecule has 1 aliphatic heterocycles. The van der Waals surface area contributed by atoms with Crippen LogP contribution in [0.1, 0.15) is 19.3 Å². The largest absolute Gasteiger partial charge is 0.411 e. The van der Waals surface area contributed by atoms with Gasteiger partial charge < -0.3 is 15.3 Å². The lowest BCUT2D eigenvalue weighted by Gasteiger charge is -2.22. The fourth-order valence-electron chi connectivity index (χ4n) is 1.51. The van der Waals surface area contributed by atoms with Crippen molar-refractivity contribution in [1.29, 1.82) is 0 Å². The Labute approximate surface area is 114 Å². The van der Waals surface area contributed by atoms with Crippen molar-refractivity contribution in [3.05, 3.63) is 11.6 Å². The Bertz CT molecular complexity index is 425. The molecule has 1 heterocycles. The second-order valence-electron chi connectivity index (χ2n) is 3.89. The fraction of sp³-hybridized carbons (Fsp3) is 0.429. The summed E-state index contributed by atoms with van der Waals surface area (Å²) in [7, 11) is 2.04. The highest BCUT2D eigenvalue weighted by Crippen LogP contribution is 2.11. The Kier molecular flexibility index (Phi) is 9.60. The Morgan fingerprint density at radius 1 is 1.47 bits per heavy atom. The van der Waals surface area contributed by atoms with Gasteiger partial charge in [-0.25, -0.2) is 0 Å². The minimum atomic E-state index is 0.399. The van der Waals surface area contributed by atoms with Gasteiger partial charge in [-0.05, 0) is 19.0 Å². The molecule has 5 heteroatoms. The van der Waals surface area contributed by atoms with Crippen molar-refractivity contribution < 1.29 is 10.4 Å².